The molecule has 2 N–H and O–H groups in total. The number of carbonyl (C=O) groups is 1. The summed E-state index contributed by atoms with van der Waals surface area (Å²) >= 11 is 0.705. The van der Waals surface area contributed by atoms with Crippen molar-refractivity contribution in [1.29, 1.82) is 0 Å². The quantitative estimate of drug-likeness (QED) is 0.456. The fourth-order valence-corrected chi connectivity index (χ4v) is 6.94. The van der Waals surface area contributed by atoms with Gasteiger partial charge < -0.3 is 0 Å². The van der Waals surface area contributed by atoms with E-state index in [1.165, 1.54) is 28.6 Å². The molecule has 0 atom stereocenters. The number of rotatable bonds is 7. The second-order valence-corrected chi connectivity index (χ2v) is 12.6. The van der Waals surface area contributed by atoms with Crippen LogP contribution in [0.25, 0.3) is 0 Å². The number of hydrogen-bond acceptors (Lipinski definition) is 8. The van der Waals surface area contributed by atoms with Crippen molar-refractivity contribution < 1.29 is 21.6 Å². The van der Waals surface area contributed by atoms with E-state index in [4.69, 9.17) is 0 Å². The van der Waals surface area contributed by atoms with Gasteiger partial charge in [-0.25, -0.2) is 8.42 Å². The summed E-state index contributed by atoms with van der Waals surface area (Å²) in [5.41, 5.74) is 1.50. The predicted molar refractivity (Wildman–Crippen MR) is 129 cm³/mol. The first-order valence-electron chi connectivity index (χ1n) is 10.5. The van der Waals surface area contributed by atoms with E-state index < -0.39 is 26.0 Å². The minimum atomic E-state index is -4.08. The highest BCUT2D eigenvalue weighted by Gasteiger charge is 2.26. The standard InChI is InChI=1S/C21H23N5O5S3/c1-15-6-5-7-16(14-15)19(27)22-20-23-24-21(32-20)33(28,29)25-17-8-10-18(11-9-17)34(30,31)26-12-3-2-4-13-26/h5-11,14,25H,2-4,12-13H2,1H3,(H,22,23,27). The summed E-state index contributed by atoms with van der Waals surface area (Å²) in [6.45, 7) is 2.82. The monoisotopic (exact) mass is 521 g/mol. The Kier molecular flexibility index (Phi) is 6.98. The molecule has 1 aromatic heterocycles. The lowest BCUT2D eigenvalue weighted by Gasteiger charge is -2.25. The van der Waals surface area contributed by atoms with Crippen LogP contribution in [0.15, 0.2) is 57.8 Å². The molecule has 3 aromatic rings. The van der Waals surface area contributed by atoms with Crippen LogP contribution in [0.1, 0.15) is 35.2 Å². The van der Waals surface area contributed by atoms with Crippen molar-refractivity contribution in [2.45, 2.75) is 35.4 Å². The summed E-state index contributed by atoms with van der Waals surface area (Å²) in [5, 5.41) is 9.99. The highest BCUT2D eigenvalue weighted by Crippen LogP contribution is 2.25. The van der Waals surface area contributed by atoms with Gasteiger partial charge in [-0.1, -0.05) is 35.5 Å². The SMILES string of the molecule is Cc1cccc(C(=O)Nc2nnc(S(=O)(=O)Nc3ccc(S(=O)(=O)N4CCCCC4)cc3)s2)c1. The zero-order chi connectivity index (χ0) is 24.3. The molecule has 13 heteroatoms. The first-order valence-corrected chi connectivity index (χ1v) is 14.2. The molecule has 0 saturated carbocycles. The molecular weight excluding hydrogens is 498 g/mol. The van der Waals surface area contributed by atoms with Gasteiger partial charge in [0.1, 0.15) is 0 Å². The zero-order valence-corrected chi connectivity index (χ0v) is 20.7. The molecule has 2 heterocycles. The third-order valence-corrected chi connectivity index (χ3v) is 9.70. The summed E-state index contributed by atoms with van der Waals surface area (Å²) in [6.07, 6.45) is 2.66. The first-order chi connectivity index (χ1) is 16.1. The number of carbonyl (C=O) groups excluding carboxylic acids is 1. The summed E-state index contributed by atoms with van der Waals surface area (Å²) in [5.74, 6) is -0.428. The molecule has 2 aromatic carbocycles. The van der Waals surface area contributed by atoms with Crippen LogP contribution >= 0.6 is 11.3 Å². The van der Waals surface area contributed by atoms with Crippen LogP contribution in [0.2, 0.25) is 0 Å². The number of hydrogen-bond donors (Lipinski definition) is 2. The summed E-state index contributed by atoms with van der Waals surface area (Å²) in [4.78, 5) is 12.5. The Morgan fingerprint density at radius 3 is 2.35 bits per heavy atom. The van der Waals surface area contributed by atoms with Crippen molar-refractivity contribution in [1.82, 2.24) is 14.5 Å². The number of piperidine rings is 1. The molecule has 0 unspecified atom stereocenters. The smallest absolute Gasteiger partial charge is 0.291 e. The van der Waals surface area contributed by atoms with E-state index in [1.807, 2.05) is 13.0 Å². The molecule has 180 valence electrons. The summed E-state index contributed by atoms with van der Waals surface area (Å²) in [6, 6.07) is 12.4. The number of aryl methyl sites for hydroxylation is 1. The van der Waals surface area contributed by atoms with Gasteiger partial charge >= 0.3 is 0 Å². The van der Waals surface area contributed by atoms with Gasteiger partial charge in [-0.05, 0) is 56.2 Å². The van der Waals surface area contributed by atoms with Crippen LogP contribution in [-0.4, -0.2) is 50.3 Å². The Bertz CT molecular complexity index is 1400. The molecule has 0 radical (unpaired) electrons. The van der Waals surface area contributed by atoms with Gasteiger partial charge in [0.2, 0.25) is 15.2 Å². The summed E-state index contributed by atoms with van der Waals surface area (Å²) < 4.78 is 54.4. The van der Waals surface area contributed by atoms with Gasteiger partial charge in [0, 0.05) is 24.3 Å². The van der Waals surface area contributed by atoms with E-state index in [9.17, 15) is 21.6 Å². The molecule has 0 spiro atoms. The average molecular weight is 522 g/mol. The predicted octanol–water partition coefficient (Wildman–Crippen LogP) is 3.07. The number of nitrogens with zero attached hydrogens (tertiary/aromatic N) is 3. The number of anilines is 2. The van der Waals surface area contributed by atoms with E-state index >= 15 is 0 Å². The maximum absolute atomic E-state index is 12.8. The van der Waals surface area contributed by atoms with Crippen LogP contribution in [-0.2, 0) is 20.0 Å². The van der Waals surface area contributed by atoms with E-state index in [0.29, 0.717) is 30.0 Å². The van der Waals surface area contributed by atoms with Gasteiger partial charge in [0.05, 0.1) is 4.90 Å². The fraction of sp³-hybridized carbons (Fsp3) is 0.286. The van der Waals surface area contributed by atoms with Crippen molar-refractivity contribution in [3.05, 3.63) is 59.7 Å². The van der Waals surface area contributed by atoms with E-state index in [2.05, 4.69) is 20.2 Å². The van der Waals surface area contributed by atoms with Crippen molar-refractivity contribution in [3.8, 4) is 0 Å². The maximum Gasteiger partial charge on any atom is 0.291 e. The van der Waals surface area contributed by atoms with E-state index in [0.717, 1.165) is 24.8 Å². The average Bonchev–Trinajstić information content (AvgIpc) is 3.29. The topological polar surface area (TPSA) is 138 Å². The molecule has 1 aliphatic rings. The van der Waals surface area contributed by atoms with Crippen molar-refractivity contribution in [3.63, 3.8) is 0 Å². The number of sulfonamides is 2. The second-order valence-electron chi connectivity index (χ2n) is 7.79. The number of nitrogens with one attached hydrogen (secondary N) is 2. The Morgan fingerprint density at radius 2 is 1.68 bits per heavy atom. The molecule has 1 fully saturated rings. The Labute approximate surface area is 202 Å². The van der Waals surface area contributed by atoms with Gasteiger partial charge in [-0.15, -0.1) is 10.2 Å². The number of benzene rings is 2. The van der Waals surface area contributed by atoms with Crippen LogP contribution < -0.4 is 10.0 Å². The molecule has 10 nitrogen and oxygen atoms in total. The third kappa shape index (κ3) is 5.43. The minimum absolute atomic E-state index is 0.0369. The Morgan fingerprint density at radius 1 is 0.971 bits per heavy atom. The van der Waals surface area contributed by atoms with Gasteiger partial charge in [0.25, 0.3) is 20.3 Å². The van der Waals surface area contributed by atoms with Gasteiger partial charge in [0.15, 0.2) is 0 Å². The highest BCUT2D eigenvalue weighted by molar-refractivity contribution is 7.94. The molecule has 0 aliphatic carbocycles. The Balaban J connectivity index is 1.44. The molecule has 34 heavy (non-hydrogen) atoms. The van der Waals surface area contributed by atoms with Crippen molar-refractivity contribution in [2.75, 3.05) is 23.1 Å². The van der Waals surface area contributed by atoms with Gasteiger partial charge in [-0.3, -0.25) is 14.8 Å². The normalized spacial score (nSPS) is 15.1. The lowest BCUT2D eigenvalue weighted by molar-refractivity contribution is 0.102. The van der Waals surface area contributed by atoms with Crippen LogP contribution in [0, 0.1) is 6.92 Å². The van der Waals surface area contributed by atoms with Crippen LogP contribution in [0.5, 0.6) is 0 Å². The first kappa shape index (κ1) is 24.3. The molecule has 1 amide bonds. The second kappa shape index (κ2) is 9.78. The highest BCUT2D eigenvalue weighted by atomic mass is 32.2. The van der Waals surface area contributed by atoms with Crippen molar-refractivity contribution in [2.24, 2.45) is 0 Å². The number of aromatic nitrogens is 2. The summed E-state index contributed by atoms with van der Waals surface area (Å²) in [7, 11) is -7.70. The largest absolute Gasteiger partial charge is 0.296 e. The molecule has 1 aliphatic heterocycles. The van der Waals surface area contributed by atoms with E-state index in [1.54, 1.807) is 18.2 Å². The van der Waals surface area contributed by atoms with Crippen molar-refractivity contribution >= 4 is 48.1 Å². The van der Waals surface area contributed by atoms with Crippen LogP contribution in [0.3, 0.4) is 0 Å². The molecule has 1 saturated heterocycles. The molecule has 4 rings (SSSR count). The Hall–Kier alpha value is -2.87. The lowest BCUT2D eigenvalue weighted by Crippen LogP contribution is -2.35. The number of amides is 1. The molecular formula is C21H23N5O5S3. The molecule has 0 bridgehead atoms. The minimum Gasteiger partial charge on any atom is -0.296 e. The fourth-order valence-electron chi connectivity index (χ4n) is 3.47. The van der Waals surface area contributed by atoms with Crippen LogP contribution in [0.4, 0.5) is 10.8 Å². The lowest BCUT2D eigenvalue weighted by atomic mass is 10.1. The maximum atomic E-state index is 12.8. The van der Waals surface area contributed by atoms with E-state index in [-0.39, 0.29) is 20.1 Å². The van der Waals surface area contributed by atoms with Gasteiger partial charge in [-0.2, -0.15) is 12.7 Å². The third-order valence-electron chi connectivity index (χ3n) is 5.20. The zero-order valence-electron chi connectivity index (χ0n) is 18.3.